The number of benzene rings is 1. The Morgan fingerprint density at radius 2 is 2.22 bits per heavy atom. The molecule has 0 aliphatic carbocycles. The molecule has 166 valence electrons. The first-order chi connectivity index (χ1) is 15.4. The van der Waals surface area contributed by atoms with Crippen molar-refractivity contribution in [1.29, 1.82) is 0 Å². The van der Waals surface area contributed by atoms with Crippen LogP contribution in [0.1, 0.15) is 35.8 Å². The molecule has 2 aromatic heterocycles. The summed E-state index contributed by atoms with van der Waals surface area (Å²) in [5.41, 5.74) is 3.15. The van der Waals surface area contributed by atoms with Crippen LogP contribution >= 0.6 is 11.6 Å². The van der Waals surface area contributed by atoms with Gasteiger partial charge >= 0.3 is 0 Å². The molecule has 3 aromatic rings. The SMILES string of the molecule is C[C@H](Nc1nc(C2CNc3ncc(Cl)cc32)ncc1F)c1cccc(OCC(=O)NO)c1. The maximum Gasteiger partial charge on any atom is 0.281 e. The van der Waals surface area contributed by atoms with Gasteiger partial charge in [0, 0.05) is 18.3 Å². The lowest BCUT2D eigenvalue weighted by molar-refractivity contribution is -0.131. The van der Waals surface area contributed by atoms with Gasteiger partial charge in [-0.15, -0.1) is 0 Å². The fourth-order valence-corrected chi connectivity index (χ4v) is 3.57. The molecule has 4 N–H and O–H groups in total. The highest BCUT2D eigenvalue weighted by molar-refractivity contribution is 6.30. The maximum absolute atomic E-state index is 14.5. The van der Waals surface area contributed by atoms with E-state index in [0.717, 1.165) is 17.3 Å². The second-order valence-electron chi connectivity index (χ2n) is 7.21. The first-order valence-corrected chi connectivity index (χ1v) is 10.2. The number of fused-ring (bicyclic) bond motifs is 1. The minimum Gasteiger partial charge on any atom is -0.484 e. The second-order valence-corrected chi connectivity index (χ2v) is 7.65. The topological polar surface area (TPSA) is 121 Å². The molecule has 1 unspecified atom stereocenters. The predicted molar refractivity (Wildman–Crippen MR) is 115 cm³/mol. The lowest BCUT2D eigenvalue weighted by Crippen LogP contribution is -2.25. The van der Waals surface area contributed by atoms with Crippen molar-refractivity contribution in [2.75, 3.05) is 23.8 Å². The quantitative estimate of drug-likeness (QED) is 0.314. The van der Waals surface area contributed by atoms with Crippen molar-refractivity contribution in [2.45, 2.75) is 18.9 Å². The molecule has 11 heteroatoms. The van der Waals surface area contributed by atoms with Gasteiger partial charge in [0.05, 0.1) is 23.2 Å². The van der Waals surface area contributed by atoms with Crippen molar-refractivity contribution in [3.63, 3.8) is 0 Å². The summed E-state index contributed by atoms with van der Waals surface area (Å²) in [7, 11) is 0. The summed E-state index contributed by atoms with van der Waals surface area (Å²) in [6, 6.07) is 8.45. The summed E-state index contributed by atoms with van der Waals surface area (Å²) >= 11 is 6.08. The molecule has 0 saturated heterocycles. The van der Waals surface area contributed by atoms with Crippen LogP contribution in [0, 0.1) is 5.82 Å². The molecule has 0 spiro atoms. The minimum absolute atomic E-state index is 0.0666. The molecule has 0 fully saturated rings. The number of hydrogen-bond acceptors (Lipinski definition) is 8. The largest absolute Gasteiger partial charge is 0.484 e. The van der Waals surface area contributed by atoms with Gasteiger partial charge in [-0.2, -0.15) is 0 Å². The van der Waals surface area contributed by atoms with Crippen LogP contribution in [-0.4, -0.2) is 39.2 Å². The van der Waals surface area contributed by atoms with Crippen LogP contribution in [0.3, 0.4) is 0 Å². The van der Waals surface area contributed by atoms with Crippen LogP contribution in [-0.2, 0) is 4.79 Å². The van der Waals surface area contributed by atoms with Gasteiger partial charge in [0.1, 0.15) is 17.4 Å². The van der Waals surface area contributed by atoms with Crippen LogP contribution < -0.4 is 20.9 Å². The van der Waals surface area contributed by atoms with E-state index in [9.17, 15) is 9.18 Å². The van der Waals surface area contributed by atoms with E-state index in [4.69, 9.17) is 21.5 Å². The maximum atomic E-state index is 14.5. The molecule has 0 saturated carbocycles. The fourth-order valence-electron chi connectivity index (χ4n) is 3.40. The van der Waals surface area contributed by atoms with Gasteiger partial charge in [-0.3, -0.25) is 10.0 Å². The summed E-state index contributed by atoms with van der Waals surface area (Å²) in [5, 5.41) is 15.3. The van der Waals surface area contributed by atoms with E-state index < -0.39 is 11.7 Å². The smallest absolute Gasteiger partial charge is 0.281 e. The van der Waals surface area contributed by atoms with E-state index in [-0.39, 0.29) is 24.4 Å². The lowest BCUT2D eigenvalue weighted by atomic mass is 10.0. The second kappa shape index (κ2) is 9.33. The number of nitrogens with one attached hydrogen (secondary N) is 3. The molecule has 3 heterocycles. The van der Waals surface area contributed by atoms with Crippen LogP contribution in [0.2, 0.25) is 5.02 Å². The molecular weight excluding hydrogens is 439 g/mol. The molecule has 1 amide bonds. The molecule has 1 aromatic carbocycles. The molecule has 4 rings (SSSR count). The van der Waals surface area contributed by atoms with Crippen molar-refractivity contribution in [3.8, 4) is 5.75 Å². The van der Waals surface area contributed by atoms with Crippen LogP contribution in [0.25, 0.3) is 0 Å². The summed E-state index contributed by atoms with van der Waals surface area (Å²) in [6.45, 7) is 2.04. The molecular formula is C21H20ClFN6O3. The Balaban J connectivity index is 1.52. The minimum atomic E-state index is -0.670. The number of carbonyl (C=O) groups excluding carboxylic acids is 1. The first kappa shape index (κ1) is 21.7. The number of rotatable bonds is 7. The molecule has 32 heavy (non-hydrogen) atoms. The van der Waals surface area contributed by atoms with Crippen LogP contribution in [0.15, 0.2) is 42.7 Å². The van der Waals surface area contributed by atoms with Gasteiger partial charge in [-0.25, -0.2) is 24.8 Å². The Bertz CT molecular complexity index is 1150. The number of halogens is 2. The van der Waals surface area contributed by atoms with Gasteiger partial charge < -0.3 is 15.4 Å². The zero-order valence-corrected chi connectivity index (χ0v) is 17.7. The number of nitrogens with zero attached hydrogens (tertiary/aromatic N) is 3. The average molecular weight is 459 g/mol. The third-order valence-corrected chi connectivity index (χ3v) is 5.22. The number of pyridine rings is 1. The van der Waals surface area contributed by atoms with E-state index in [0.29, 0.717) is 29.0 Å². The summed E-state index contributed by atoms with van der Waals surface area (Å²) < 4.78 is 19.8. The molecule has 1 aliphatic rings. The van der Waals surface area contributed by atoms with E-state index in [1.54, 1.807) is 30.5 Å². The monoisotopic (exact) mass is 458 g/mol. The number of ether oxygens (including phenoxy) is 1. The highest BCUT2D eigenvalue weighted by atomic mass is 35.5. The summed E-state index contributed by atoms with van der Waals surface area (Å²) in [6.07, 6.45) is 2.70. The van der Waals surface area contributed by atoms with Crippen molar-refractivity contribution in [3.05, 3.63) is 70.5 Å². The van der Waals surface area contributed by atoms with Crippen LogP contribution in [0.4, 0.5) is 16.0 Å². The third-order valence-electron chi connectivity index (χ3n) is 5.01. The van der Waals surface area contributed by atoms with Crippen molar-refractivity contribution >= 4 is 29.1 Å². The third kappa shape index (κ3) is 4.71. The van der Waals surface area contributed by atoms with Crippen molar-refractivity contribution in [2.24, 2.45) is 0 Å². The van der Waals surface area contributed by atoms with Crippen molar-refractivity contribution < 1.29 is 19.1 Å². The van der Waals surface area contributed by atoms with E-state index in [1.165, 1.54) is 5.48 Å². The number of amides is 1. The van der Waals surface area contributed by atoms with Gasteiger partial charge in [-0.05, 0) is 30.7 Å². The number of hydroxylamine groups is 1. The van der Waals surface area contributed by atoms with Gasteiger partial charge in [0.25, 0.3) is 5.91 Å². The normalized spacial score (nSPS) is 15.4. The summed E-state index contributed by atoms with van der Waals surface area (Å²) in [5.74, 6) is 0.200. The molecule has 2 atom stereocenters. The molecule has 1 aliphatic heterocycles. The van der Waals surface area contributed by atoms with E-state index in [2.05, 4.69) is 25.6 Å². The average Bonchev–Trinajstić information content (AvgIpc) is 3.22. The Morgan fingerprint density at radius 3 is 3.03 bits per heavy atom. The number of anilines is 2. The highest BCUT2D eigenvalue weighted by Gasteiger charge is 2.28. The Kier molecular flexibility index (Phi) is 6.33. The zero-order chi connectivity index (χ0) is 22.7. The van der Waals surface area contributed by atoms with Crippen LogP contribution in [0.5, 0.6) is 5.75 Å². The van der Waals surface area contributed by atoms with Gasteiger partial charge in [-0.1, -0.05) is 23.7 Å². The first-order valence-electron chi connectivity index (χ1n) is 9.78. The number of hydrogen-bond donors (Lipinski definition) is 4. The Labute approximate surface area is 188 Å². The summed E-state index contributed by atoms with van der Waals surface area (Å²) in [4.78, 5) is 24.0. The molecule has 0 radical (unpaired) electrons. The fraction of sp³-hybridized carbons (Fsp3) is 0.238. The van der Waals surface area contributed by atoms with Gasteiger partial charge in [0.15, 0.2) is 18.2 Å². The number of carbonyl (C=O) groups is 1. The standard InChI is InChI=1S/C21H20ClFN6O3/c1-11(12-3-2-4-14(5-12)32-10-18(30)29-31)27-21-17(23)9-26-20(28-21)16-8-25-19-15(16)6-13(22)7-24-19/h2-7,9,11,16,31H,8,10H2,1H3,(H,24,25)(H,29,30)(H,26,27,28)/t11-,16?/m0/s1. The zero-order valence-electron chi connectivity index (χ0n) is 17.0. The van der Waals surface area contributed by atoms with Crippen molar-refractivity contribution in [1.82, 2.24) is 20.4 Å². The number of aromatic nitrogens is 3. The molecule has 9 nitrogen and oxygen atoms in total. The van der Waals surface area contributed by atoms with E-state index in [1.807, 2.05) is 13.0 Å². The Hall–Kier alpha value is -3.50. The van der Waals surface area contributed by atoms with E-state index >= 15 is 0 Å². The predicted octanol–water partition coefficient (Wildman–Crippen LogP) is 3.28. The van der Waals surface area contributed by atoms with Gasteiger partial charge in [0.2, 0.25) is 0 Å². The lowest BCUT2D eigenvalue weighted by Gasteiger charge is -2.18. The molecule has 0 bridgehead atoms. The highest BCUT2D eigenvalue weighted by Crippen LogP contribution is 2.35. The Morgan fingerprint density at radius 1 is 1.38 bits per heavy atom.